The first-order valence-corrected chi connectivity index (χ1v) is 5.25. The summed E-state index contributed by atoms with van der Waals surface area (Å²) < 4.78 is 25.1. The molecular weight excluding hydrogens is 269 g/mol. The Morgan fingerprint density at radius 2 is 2.17 bits per heavy atom. The molecule has 0 N–H and O–H groups in total. The van der Waals surface area contributed by atoms with Crippen molar-refractivity contribution in [3.05, 3.63) is 20.3 Å². The smallest absolute Gasteiger partial charge is 0.208 e. The summed E-state index contributed by atoms with van der Waals surface area (Å²) in [5.74, 6) is 0. The maximum atomic E-state index is 12.1. The van der Waals surface area contributed by atoms with E-state index >= 15 is 0 Å². The Morgan fingerprint density at radius 1 is 1.58 bits per heavy atom. The molecule has 0 aliphatic rings. The first kappa shape index (κ1) is 10.4. The van der Waals surface area contributed by atoms with E-state index in [-0.39, 0.29) is 0 Å². The average Bonchev–Trinajstić information content (AvgIpc) is 2.30. The number of hydrogen-bond acceptors (Lipinski definition) is 1. The Balaban J connectivity index is 2.89. The zero-order valence-corrected chi connectivity index (χ0v) is 9.31. The van der Waals surface area contributed by atoms with Gasteiger partial charge in [-0.3, -0.25) is 0 Å². The molecule has 1 atom stereocenters. The lowest BCUT2D eigenvalue weighted by atomic mass is 10.3. The van der Waals surface area contributed by atoms with Crippen molar-refractivity contribution in [2.45, 2.75) is 18.7 Å². The average molecular weight is 276 g/mol. The van der Waals surface area contributed by atoms with Gasteiger partial charge in [-0.15, -0.1) is 22.9 Å². The molecule has 0 saturated heterocycles. The fraction of sp³-hybridized carbons (Fsp3) is 0.429. The molecule has 0 amide bonds. The van der Waals surface area contributed by atoms with Crippen LogP contribution in [0.4, 0.5) is 8.78 Å². The Kier molecular flexibility index (Phi) is 3.49. The molecule has 12 heavy (non-hydrogen) atoms. The summed E-state index contributed by atoms with van der Waals surface area (Å²) in [5.41, 5.74) is 0.946. The molecule has 1 heterocycles. The molecular formula is C7H6BrClF2S. The highest BCUT2D eigenvalue weighted by Gasteiger charge is 2.21. The molecule has 0 nitrogen and oxygen atoms in total. The van der Waals surface area contributed by atoms with Crippen molar-refractivity contribution in [1.82, 2.24) is 0 Å². The van der Waals surface area contributed by atoms with E-state index in [2.05, 4.69) is 15.9 Å². The van der Waals surface area contributed by atoms with Crippen LogP contribution in [0.15, 0.2) is 9.85 Å². The van der Waals surface area contributed by atoms with E-state index in [4.69, 9.17) is 11.6 Å². The molecule has 0 bridgehead atoms. The minimum Gasteiger partial charge on any atom is -0.208 e. The molecule has 1 aromatic heterocycles. The van der Waals surface area contributed by atoms with E-state index in [1.165, 1.54) is 11.3 Å². The van der Waals surface area contributed by atoms with Gasteiger partial charge in [0.25, 0.3) is 6.43 Å². The van der Waals surface area contributed by atoms with E-state index in [1.807, 2.05) is 6.92 Å². The fourth-order valence-corrected chi connectivity index (χ4v) is 2.49. The molecule has 0 aliphatic heterocycles. The third kappa shape index (κ3) is 2.18. The second kappa shape index (κ2) is 4.03. The Hall–Kier alpha value is 0.330. The van der Waals surface area contributed by atoms with Crippen LogP contribution in [0.5, 0.6) is 0 Å². The van der Waals surface area contributed by atoms with Crippen LogP contribution in [0, 0.1) is 6.92 Å². The molecule has 0 aliphatic carbocycles. The minimum atomic E-state index is -2.50. The van der Waals surface area contributed by atoms with Crippen molar-refractivity contribution < 1.29 is 8.78 Å². The van der Waals surface area contributed by atoms with E-state index in [9.17, 15) is 8.78 Å². The number of aryl methyl sites for hydroxylation is 1. The zero-order chi connectivity index (χ0) is 9.30. The monoisotopic (exact) mass is 274 g/mol. The second-order valence-electron chi connectivity index (χ2n) is 2.34. The van der Waals surface area contributed by atoms with E-state index in [1.54, 1.807) is 6.07 Å². The predicted octanol–water partition coefficient (Wildman–Crippen LogP) is 4.36. The second-order valence-corrected chi connectivity index (χ2v) is 5.21. The molecule has 1 aromatic rings. The molecule has 0 spiro atoms. The van der Waals surface area contributed by atoms with Gasteiger partial charge in [0.2, 0.25) is 0 Å². The first-order valence-electron chi connectivity index (χ1n) is 3.20. The molecule has 1 unspecified atom stereocenters. The molecule has 0 aromatic carbocycles. The lowest BCUT2D eigenvalue weighted by Crippen LogP contribution is -1.98. The molecule has 1 rings (SSSR count). The zero-order valence-electron chi connectivity index (χ0n) is 6.15. The number of halogens is 4. The van der Waals surface area contributed by atoms with E-state index < -0.39 is 11.8 Å². The molecule has 68 valence electrons. The van der Waals surface area contributed by atoms with Crippen LogP contribution in [0.3, 0.4) is 0 Å². The van der Waals surface area contributed by atoms with Gasteiger partial charge >= 0.3 is 0 Å². The van der Waals surface area contributed by atoms with Crippen LogP contribution < -0.4 is 0 Å². The highest BCUT2D eigenvalue weighted by molar-refractivity contribution is 9.11. The first-order chi connectivity index (χ1) is 5.52. The van der Waals surface area contributed by atoms with Crippen LogP contribution in [0.25, 0.3) is 0 Å². The summed E-state index contributed by atoms with van der Waals surface area (Å²) in [6, 6.07) is 1.68. The standard InChI is InChI=1S/C7H6BrClF2S/c1-3-2-4(12-6(3)8)5(9)7(10)11/h2,5,7H,1H3. The lowest BCUT2D eigenvalue weighted by molar-refractivity contribution is 0.144. The number of hydrogen-bond donors (Lipinski definition) is 0. The maximum Gasteiger partial charge on any atom is 0.259 e. The van der Waals surface area contributed by atoms with Gasteiger partial charge in [0.05, 0.1) is 3.79 Å². The van der Waals surface area contributed by atoms with Crippen molar-refractivity contribution >= 4 is 38.9 Å². The summed E-state index contributed by atoms with van der Waals surface area (Å²) >= 11 is 9.97. The van der Waals surface area contributed by atoms with Gasteiger partial charge in [-0.1, -0.05) is 0 Å². The van der Waals surface area contributed by atoms with Gasteiger partial charge in [0.1, 0.15) is 5.38 Å². The van der Waals surface area contributed by atoms with Crippen LogP contribution in [0.2, 0.25) is 0 Å². The SMILES string of the molecule is Cc1cc(C(Cl)C(F)F)sc1Br. The normalized spacial score (nSPS) is 13.8. The molecule has 0 saturated carbocycles. The summed E-state index contributed by atoms with van der Waals surface area (Å²) in [6.45, 7) is 1.85. The predicted molar refractivity (Wildman–Crippen MR) is 51.4 cm³/mol. The van der Waals surface area contributed by atoms with Crippen LogP contribution >= 0.6 is 38.9 Å². The third-order valence-electron chi connectivity index (χ3n) is 1.37. The van der Waals surface area contributed by atoms with Gasteiger partial charge in [0.15, 0.2) is 0 Å². The molecule has 0 fully saturated rings. The van der Waals surface area contributed by atoms with Gasteiger partial charge in [-0.25, -0.2) is 8.78 Å². The van der Waals surface area contributed by atoms with Crippen LogP contribution in [-0.4, -0.2) is 6.43 Å². The van der Waals surface area contributed by atoms with Crippen molar-refractivity contribution in [1.29, 1.82) is 0 Å². The number of alkyl halides is 3. The van der Waals surface area contributed by atoms with Crippen molar-refractivity contribution in [3.8, 4) is 0 Å². The Morgan fingerprint density at radius 3 is 2.50 bits per heavy atom. The van der Waals surface area contributed by atoms with Crippen molar-refractivity contribution in [2.75, 3.05) is 0 Å². The summed E-state index contributed by atoms with van der Waals surface area (Å²) in [4.78, 5) is 0.510. The van der Waals surface area contributed by atoms with Crippen molar-refractivity contribution in [2.24, 2.45) is 0 Å². The number of rotatable bonds is 2. The highest BCUT2D eigenvalue weighted by Crippen LogP contribution is 2.37. The third-order valence-corrected chi connectivity index (χ3v) is 4.14. The van der Waals surface area contributed by atoms with Gasteiger partial charge < -0.3 is 0 Å². The van der Waals surface area contributed by atoms with E-state index in [0.29, 0.717) is 4.88 Å². The van der Waals surface area contributed by atoms with Gasteiger partial charge in [-0.2, -0.15) is 0 Å². The van der Waals surface area contributed by atoms with E-state index in [0.717, 1.165) is 9.35 Å². The molecule has 0 radical (unpaired) electrons. The van der Waals surface area contributed by atoms with Gasteiger partial charge in [0, 0.05) is 4.88 Å². The Bertz CT molecular complexity index is 255. The maximum absolute atomic E-state index is 12.1. The summed E-state index contributed by atoms with van der Waals surface area (Å²) in [7, 11) is 0. The summed E-state index contributed by atoms with van der Waals surface area (Å²) in [5, 5.41) is -1.18. The lowest BCUT2D eigenvalue weighted by Gasteiger charge is -2.03. The number of thiophene rings is 1. The minimum absolute atomic E-state index is 0.510. The quantitative estimate of drug-likeness (QED) is 0.703. The van der Waals surface area contributed by atoms with Crippen LogP contribution in [0.1, 0.15) is 15.8 Å². The summed E-state index contributed by atoms with van der Waals surface area (Å²) in [6.07, 6.45) is -2.50. The van der Waals surface area contributed by atoms with Gasteiger partial charge in [-0.05, 0) is 34.5 Å². The Labute approximate surface area is 86.7 Å². The topological polar surface area (TPSA) is 0 Å². The van der Waals surface area contributed by atoms with Crippen molar-refractivity contribution in [3.63, 3.8) is 0 Å². The molecule has 5 heteroatoms. The largest absolute Gasteiger partial charge is 0.259 e. The highest BCUT2D eigenvalue weighted by atomic mass is 79.9. The fourth-order valence-electron chi connectivity index (χ4n) is 0.744. The van der Waals surface area contributed by atoms with Crippen LogP contribution in [-0.2, 0) is 0 Å².